The lowest BCUT2D eigenvalue weighted by Gasteiger charge is -2.35. The molecule has 1 aromatic rings. The Kier molecular flexibility index (Phi) is 7.11. The molecule has 2 unspecified atom stereocenters. The number of benzene rings is 1. The Morgan fingerprint density at radius 3 is 2.89 bits per heavy atom. The number of anilines is 1. The van der Waals surface area contributed by atoms with Gasteiger partial charge in [0.15, 0.2) is 11.6 Å². The van der Waals surface area contributed by atoms with Gasteiger partial charge in [-0.1, -0.05) is 24.3 Å². The second-order valence-electron chi connectivity index (χ2n) is 9.29. The molecule has 0 spiro atoms. The van der Waals surface area contributed by atoms with Crippen molar-refractivity contribution in [3.05, 3.63) is 71.1 Å². The Morgan fingerprint density at radius 2 is 2.11 bits per heavy atom. The van der Waals surface area contributed by atoms with Crippen molar-refractivity contribution in [2.24, 2.45) is 21.8 Å². The number of aliphatic imine (C=N–C) groups is 2. The SMILES string of the molecule is COc1cc(NC2=NCC3C=C(C4(C)C=CC=CS4)C(OCC4CCNCC4)=CC3=N2)ccc1F. The van der Waals surface area contributed by atoms with E-state index in [4.69, 9.17) is 14.5 Å². The van der Waals surface area contributed by atoms with Crippen molar-refractivity contribution < 1.29 is 13.9 Å². The van der Waals surface area contributed by atoms with Crippen LogP contribution in [0, 0.1) is 17.7 Å². The van der Waals surface area contributed by atoms with E-state index in [9.17, 15) is 4.39 Å². The van der Waals surface area contributed by atoms with Gasteiger partial charge in [-0.3, -0.25) is 4.99 Å². The van der Waals surface area contributed by atoms with Crippen molar-refractivity contribution in [2.75, 3.05) is 38.7 Å². The molecule has 1 fully saturated rings. The van der Waals surface area contributed by atoms with E-state index in [1.807, 2.05) is 0 Å². The van der Waals surface area contributed by atoms with Crippen LogP contribution in [-0.4, -0.2) is 49.8 Å². The van der Waals surface area contributed by atoms with Gasteiger partial charge in [-0.2, -0.15) is 0 Å². The third-order valence-corrected chi connectivity index (χ3v) is 7.90. The Hall–Kier alpha value is -2.84. The lowest BCUT2D eigenvalue weighted by molar-refractivity contribution is 0.149. The average Bonchev–Trinajstić information content (AvgIpc) is 2.89. The number of allylic oxidation sites excluding steroid dienone is 4. The highest BCUT2D eigenvalue weighted by atomic mass is 32.2. The van der Waals surface area contributed by atoms with Crippen LogP contribution in [0.15, 0.2) is 75.3 Å². The van der Waals surface area contributed by atoms with Crippen molar-refractivity contribution in [2.45, 2.75) is 24.5 Å². The van der Waals surface area contributed by atoms with Gasteiger partial charge in [0, 0.05) is 29.3 Å². The standard InChI is InChI=1S/C27H31FN4O2S/c1-27(9-3-4-12-35-27)21-13-19-16-30-26(31-20-5-6-22(28)25(14-20)33-2)32-23(19)15-24(21)34-17-18-7-10-29-11-8-18/h3-6,9,12-15,18-19,29H,7-8,10-11,16-17H2,1-2H3,(H,30,31). The van der Waals surface area contributed by atoms with E-state index in [0.717, 1.165) is 37.4 Å². The highest BCUT2D eigenvalue weighted by Crippen LogP contribution is 2.43. The Balaban J connectivity index is 1.38. The van der Waals surface area contributed by atoms with Gasteiger partial charge in [0.25, 0.3) is 0 Å². The molecule has 0 amide bonds. The molecule has 0 radical (unpaired) electrons. The predicted octanol–water partition coefficient (Wildman–Crippen LogP) is 5.09. The lowest BCUT2D eigenvalue weighted by atomic mass is 9.85. The summed E-state index contributed by atoms with van der Waals surface area (Å²) in [6.07, 6.45) is 13.0. The summed E-state index contributed by atoms with van der Waals surface area (Å²) in [7, 11) is 1.45. The number of fused-ring (bicyclic) bond motifs is 1. The Morgan fingerprint density at radius 1 is 1.26 bits per heavy atom. The van der Waals surface area contributed by atoms with Gasteiger partial charge < -0.3 is 20.1 Å². The van der Waals surface area contributed by atoms with Gasteiger partial charge in [-0.25, -0.2) is 9.38 Å². The van der Waals surface area contributed by atoms with E-state index in [1.54, 1.807) is 23.9 Å². The number of rotatable bonds is 6. The van der Waals surface area contributed by atoms with Crippen molar-refractivity contribution >= 4 is 29.1 Å². The van der Waals surface area contributed by atoms with Crippen LogP contribution < -0.4 is 15.4 Å². The number of hydrogen-bond acceptors (Lipinski definition) is 7. The zero-order chi connectivity index (χ0) is 24.3. The number of methoxy groups -OCH3 is 1. The molecule has 184 valence electrons. The van der Waals surface area contributed by atoms with E-state index < -0.39 is 5.82 Å². The molecule has 35 heavy (non-hydrogen) atoms. The first-order valence-corrected chi connectivity index (χ1v) is 13.0. The van der Waals surface area contributed by atoms with Crippen molar-refractivity contribution in [1.29, 1.82) is 0 Å². The van der Waals surface area contributed by atoms with Crippen LogP contribution in [0.25, 0.3) is 0 Å². The van der Waals surface area contributed by atoms with E-state index in [0.29, 0.717) is 30.7 Å². The molecule has 3 aliphatic heterocycles. The number of piperidine rings is 1. The molecule has 1 aromatic carbocycles. The average molecular weight is 495 g/mol. The molecular weight excluding hydrogens is 463 g/mol. The molecule has 2 atom stereocenters. The highest BCUT2D eigenvalue weighted by Gasteiger charge is 2.36. The molecule has 1 aliphatic carbocycles. The van der Waals surface area contributed by atoms with Crippen LogP contribution >= 0.6 is 11.8 Å². The summed E-state index contributed by atoms with van der Waals surface area (Å²) in [4.78, 5) is 9.45. The molecule has 0 aromatic heterocycles. The van der Waals surface area contributed by atoms with Gasteiger partial charge >= 0.3 is 0 Å². The first-order valence-electron chi connectivity index (χ1n) is 12.1. The van der Waals surface area contributed by atoms with Gasteiger partial charge in [0.1, 0.15) is 5.76 Å². The van der Waals surface area contributed by atoms with Gasteiger partial charge in [-0.15, -0.1) is 11.8 Å². The number of nitrogens with zero attached hydrogens (tertiary/aromatic N) is 2. The first-order chi connectivity index (χ1) is 17.0. The number of hydrogen-bond donors (Lipinski definition) is 2. The smallest absolute Gasteiger partial charge is 0.222 e. The minimum atomic E-state index is -0.406. The molecular formula is C27H31FN4O2S. The fourth-order valence-corrected chi connectivity index (χ4v) is 5.57. The van der Waals surface area contributed by atoms with Crippen LogP contribution in [0.4, 0.5) is 10.1 Å². The normalized spacial score (nSPS) is 26.2. The number of halogens is 1. The summed E-state index contributed by atoms with van der Waals surface area (Å²) in [6, 6.07) is 4.62. The number of nitrogens with one attached hydrogen (secondary N) is 2. The molecule has 1 saturated heterocycles. The van der Waals surface area contributed by atoms with E-state index >= 15 is 0 Å². The largest absolute Gasteiger partial charge is 0.494 e. The molecule has 8 heteroatoms. The van der Waals surface area contributed by atoms with Crippen LogP contribution in [0.1, 0.15) is 19.8 Å². The molecule has 6 nitrogen and oxygen atoms in total. The predicted molar refractivity (Wildman–Crippen MR) is 142 cm³/mol. The third kappa shape index (κ3) is 5.38. The highest BCUT2D eigenvalue weighted by molar-refractivity contribution is 8.03. The molecule has 5 rings (SSSR count). The van der Waals surface area contributed by atoms with E-state index in [1.165, 1.54) is 18.7 Å². The quantitative estimate of drug-likeness (QED) is 0.577. The summed E-state index contributed by atoms with van der Waals surface area (Å²) >= 11 is 1.79. The third-order valence-electron chi connectivity index (χ3n) is 6.76. The number of thioether (sulfide) groups is 1. The van der Waals surface area contributed by atoms with Crippen molar-refractivity contribution in [3.63, 3.8) is 0 Å². The fourth-order valence-electron chi connectivity index (χ4n) is 4.67. The molecule has 0 bridgehead atoms. The Labute approximate surface area is 210 Å². The minimum Gasteiger partial charge on any atom is -0.494 e. The molecule has 4 aliphatic rings. The summed E-state index contributed by atoms with van der Waals surface area (Å²) in [5.74, 6) is 1.79. The van der Waals surface area contributed by atoms with Gasteiger partial charge in [0.05, 0.1) is 30.7 Å². The maximum atomic E-state index is 13.8. The summed E-state index contributed by atoms with van der Waals surface area (Å²) in [5, 5.41) is 8.74. The van der Waals surface area contributed by atoms with E-state index in [2.05, 4.69) is 58.3 Å². The monoisotopic (exact) mass is 494 g/mol. The van der Waals surface area contributed by atoms with Crippen LogP contribution in [0.2, 0.25) is 0 Å². The zero-order valence-corrected chi connectivity index (χ0v) is 20.9. The summed E-state index contributed by atoms with van der Waals surface area (Å²) < 4.78 is 25.2. The van der Waals surface area contributed by atoms with Crippen LogP contribution in [0.3, 0.4) is 0 Å². The zero-order valence-electron chi connectivity index (χ0n) is 20.1. The van der Waals surface area contributed by atoms with E-state index in [-0.39, 0.29) is 16.4 Å². The van der Waals surface area contributed by atoms with Crippen LogP contribution in [-0.2, 0) is 4.74 Å². The molecule has 0 saturated carbocycles. The molecule has 3 heterocycles. The fraction of sp³-hybridized carbons (Fsp3) is 0.407. The summed E-state index contributed by atoms with van der Waals surface area (Å²) in [5.41, 5.74) is 2.77. The minimum absolute atomic E-state index is 0.0845. The number of guanidine groups is 1. The summed E-state index contributed by atoms with van der Waals surface area (Å²) in [6.45, 7) is 5.62. The van der Waals surface area contributed by atoms with Crippen LogP contribution in [0.5, 0.6) is 5.75 Å². The second kappa shape index (κ2) is 10.4. The molecule has 2 N–H and O–H groups in total. The Bertz CT molecular complexity index is 1150. The van der Waals surface area contributed by atoms with Gasteiger partial charge in [0.2, 0.25) is 5.96 Å². The second-order valence-corrected chi connectivity index (χ2v) is 10.6. The maximum absolute atomic E-state index is 13.8. The maximum Gasteiger partial charge on any atom is 0.222 e. The van der Waals surface area contributed by atoms with Crippen molar-refractivity contribution in [3.8, 4) is 5.75 Å². The van der Waals surface area contributed by atoms with Crippen molar-refractivity contribution in [1.82, 2.24) is 5.32 Å². The first kappa shape index (κ1) is 23.9. The van der Waals surface area contributed by atoms with Gasteiger partial charge in [-0.05, 0) is 56.3 Å². The number of ether oxygens (including phenoxy) is 2. The topological polar surface area (TPSA) is 67.2 Å². The lowest BCUT2D eigenvalue weighted by Crippen LogP contribution is -2.33.